The smallest absolute Gasteiger partial charge is 0.0850 e. The molecule has 4 aliphatic rings. The first-order valence-electron chi connectivity index (χ1n) is 15.7. The van der Waals surface area contributed by atoms with Crippen LogP contribution in [0.3, 0.4) is 0 Å². The molecule has 0 saturated carbocycles. The molecule has 6 heteroatoms. The van der Waals surface area contributed by atoms with Crippen molar-refractivity contribution in [3.05, 3.63) is 70.8 Å². The molecule has 4 saturated heterocycles. The van der Waals surface area contributed by atoms with E-state index in [1.165, 1.54) is 44.5 Å². The van der Waals surface area contributed by atoms with Crippen molar-refractivity contribution in [3.8, 4) is 22.3 Å². The quantitative estimate of drug-likeness (QED) is 0.182. The molecular weight excluding hydrogens is 524 g/mol. The summed E-state index contributed by atoms with van der Waals surface area (Å²) in [4.78, 5) is 0. The number of rotatable bonds is 13. The Kier molecular flexibility index (Phi) is 7.30. The molecule has 0 radical (unpaired) electrons. The lowest BCUT2D eigenvalue weighted by Gasteiger charge is -2.38. The van der Waals surface area contributed by atoms with E-state index < -0.39 is 0 Å². The van der Waals surface area contributed by atoms with Crippen molar-refractivity contribution in [1.29, 1.82) is 0 Å². The first-order chi connectivity index (χ1) is 20.3. The Labute approximate surface area is 249 Å². The van der Waals surface area contributed by atoms with E-state index in [-0.39, 0.29) is 17.6 Å². The zero-order valence-corrected chi connectivity index (χ0v) is 25.2. The van der Waals surface area contributed by atoms with Gasteiger partial charge in [0, 0.05) is 24.2 Å². The summed E-state index contributed by atoms with van der Waals surface area (Å²) in [6.45, 7) is 10.5. The third-order valence-electron chi connectivity index (χ3n) is 9.51. The zero-order valence-electron chi connectivity index (χ0n) is 25.2. The molecule has 5 unspecified atom stereocenters. The van der Waals surface area contributed by atoms with Crippen molar-refractivity contribution in [2.75, 3.05) is 37.9 Å². The van der Waals surface area contributed by atoms with Gasteiger partial charge in [0.15, 0.2) is 0 Å². The van der Waals surface area contributed by atoms with Gasteiger partial charge in [-0.1, -0.05) is 45.0 Å². The summed E-state index contributed by atoms with van der Waals surface area (Å²) in [5, 5.41) is 0. The van der Waals surface area contributed by atoms with Crippen LogP contribution >= 0.6 is 0 Å². The summed E-state index contributed by atoms with van der Waals surface area (Å²) >= 11 is 0. The number of nitrogens with two attached hydrogens (primary N) is 2. The van der Waals surface area contributed by atoms with Crippen molar-refractivity contribution in [1.82, 2.24) is 0 Å². The lowest BCUT2D eigenvalue weighted by Crippen LogP contribution is -2.30. The molecule has 42 heavy (non-hydrogen) atoms. The average Bonchev–Trinajstić information content (AvgIpc) is 3.79. The van der Waals surface area contributed by atoms with Crippen molar-refractivity contribution >= 4 is 11.4 Å². The van der Waals surface area contributed by atoms with Gasteiger partial charge in [-0.05, 0) is 99.4 Å². The first-order valence-corrected chi connectivity index (χ1v) is 15.7. The molecule has 4 aliphatic heterocycles. The van der Waals surface area contributed by atoms with Gasteiger partial charge in [0.05, 0.1) is 50.8 Å². The highest BCUT2D eigenvalue weighted by atomic mass is 16.6. The monoisotopic (exact) mass is 568 g/mol. The van der Waals surface area contributed by atoms with Crippen LogP contribution in [0.2, 0.25) is 0 Å². The molecule has 3 aromatic carbocycles. The van der Waals surface area contributed by atoms with Gasteiger partial charge in [0.1, 0.15) is 0 Å². The summed E-state index contributed by atoms with van der Waals surface area (Å²) in [7, 11) is 0. The van der Waals surface area contributed by atoms with Crippen molar-refractivity contribution in [3.63, 3.8) is 0 Å². The van der Waals surface area contributed by atoms with E-state index >= 15 is 0 Å². The highest BCUT2D eigenvalue weighted by molar-refractivity contribution is 5.92. The molecule has 4 N–H and O–H groups in total. The van der Waals surface area contributed by atoms with E-state index in [2.05, 4.69) is 45.0 Å². The number of hydrogen-bond donors (Lipinski definition) is 2. The molecule has 222 valence electrons. The summed E-state index contributed by atoms with van der Waals surface area (Å²) < 4.78 is 23.5. The largest absolute Gasteiger partial charge is 0.399 e. The van der Waals surface area contributed by atoms with Crippen LogP contribution in [-0.4, -0.2) is 50.8 Å². The van der Waals surface area contributed by atoms with Crippen LogP contribution in [0.15, 0.2) is 48.5 Å². The van der Waals surface area contributed by atoms with E-state index in [1.54, 1.807) is 0 Å². The number of nitrogen functional groups attached to an aromatic ring is 2. The van der Waals surface area contributed by atoms with E-state index in [4.69, 9.17) is 30.4 Å². The van der Waals surface area contributed by atoms with Crippen LogP contribution in [0, 0.1) is 0 Å². The molecule has 0 amide bonds. The van der Waals surface area contributed by atoms with Gasteiger partial charge in [0.2, 0.25) is 0 Å². The van der Waals surface area contributed by atoms with E-state index in [1.807, 2.05) is 24.3 Å². The molecule has 7 rings (SSSR count). The fourth-order valence-electron chi connectivity index (χ4n) is 7.08. The van der Waals surface area contributed by atoms with Gasteiger partial charge in [-0.25, -0.2) is 0 Å². The molecule has 0 spiro atoms. The highest BCUT2D eigenvalue weighted by Crippen LogP contribution is 2.53. The molecule has 0 aliphatic carbocycles. The third kappa shape index (κ3) is 5.96. The summed E-state index contributed by atoms with van der Waals surface area (Å²) in [5.74, 6) is 0.310. The van der Waals surface area contributed by atoms with Gasteiger partial charge in [-0.3, -0.25) is 0 Å². The number of epoxide rings is 4. The van der Waals surface area contributed by atoms with Crippen molar-refractivity contribution in [2.24, 2.45) is 0 Å². The SMILES string of the molecule is CC(C)c1c(CC2CO2)c(CC2CO2)c(C(C)(CCC2CO2)CC2CO2)c(-c2ccc(N)cc2)c1-c1ccc(N)cc1. The Balaban J connectivity index is 1.58. The molecule has 5 atom stereocenters. The average molecular weight is 569 g/mol. The van der Waals surface area contributed by atoms with Gasteiger partial charge >= 0.3 is 0 Å². The standard InChI is InChI=1S/C36H44N2O4/c1-21(2)32-30(14-27-18-40-27)31(15-28-19-41-28)35(36(3,16-29-20-42-29)13-12-26-17-39-26)34(23-6-10-25(38)11-7-23)33(32)22-4-8-24(37)9-5-22/h4-11,21,26-29H,12-20,37-38H2,1-3H3. The lowest BCUT2D eigenvalue weighted by molar-refractivity contribution is 0.295. The van der Waals surface area contributed by atoms with Gasteiger partial charge in [-0.2, -0.15) is 0 Å². The molecule has 0 bridgehead atoms. The molecule has 3 aromatic rings. The second-order valence-electron chi connectivity index (χ2n) is 13.4. The fourth-order valence-corrected chi connectivity index (χ4v) is 7.08. The van der Waals surface area contributed by atoms with Crippen LogP contribution in [0.1, 0.15) is 68.2 Å². The fraction of sp³-hybridized carbons (Fsp3) is 0.500. The summed E-state index contributed by atoms with van der Waals surface area (Å²) in [6.07, 6.45) is 6.11. The van der Waals surface area contributed by atoms with Crippen LogP contribution < -0.4 is 11.5 Å². The predicted octanol–water partition coefficient (Wildman–Crippen LogP) is 6.42. The predicted molar refractivity (Wildman–Crippen MR) is 168 cm³/mol. The Hall–Kier alpha value is -2.90. The van der Waals surface area contributed by atoms with Gasteiger partial charge in [0.25, 0.3) is 0 Å². The highest BCUT2D eigenvalue weighted by Gasteiger charge is 2.43. The lowest BCUT2D eigenvalue weighted by atomic mass is 9.65. The van der Waals surface area contributed by atoms with Gasteiger partial charge < -0.3 is 30.4 Å². The Bertz CT molecular complexity index is 1430. The minimum absolute atomic E-state index is 0.120. The Morgan fingerprint density at radius 1 is 0.690 bits per heavy atom. The van der Waals surface area contributed by atoms with E-state index in [9.17, 15) is 0 Å². The van der Waals surface area contributed by atoms with E-state index in [0.717, 1.165) is 69.9 Å². The maximum Gasteiger partial charge on any atom is 0.0850 e. The second kappa shape index (κ2) is 11.0. The molecule has 0 aromatic heterocycles. The molecule has 6 nitrogen and oxygen atoms in total. The van der Waals surface area contributed by atoms with Crippen LogP contribution in [0.5, 0.6) is 0 Å². The third-order valence-corrected chi connectivity index (χ3v) is 9.51. The van der Waals surface area contributed by atoms with Crippen molar-refractivity contribution < 1.29 is 18.9 Å². The molecule has 4 fully saturated rings. The topological polar surface area (TPSA) is 102 Å². The maximum atomic E-state index is 6.25. The second-order valence-corrected chi connectivity index (χ2v) is 13.4. The zero-order chi connectivity index (χ0) is 29.0. The molecular formula is C36H44N2O4. The van der Waals surface area contributed by atoms with E-state index in [0.29, 0.717) is 18.1 Å². The van der Waals surface area contributed by atoms with Crippen molar-refractivity contribution in [2.45, 2.75) is 88.6 Å². The van der Waals surface area contributed by atoms with Gasteiger partial charge in [-0.15, -0.1) is 0 Å². The Morgan fingerprint density at radius 3 is 1.64 bits per heavy atom. The first kappa shape index (κ1) is 27.9. The molecule has 4 heterocycles. The summed E-state index contributed by atoms with van der Waals surface area (Å²) in [6, 6.07) is 16.9. The van der Waals surface area contributed by atoms with Crippen LogP contribution in [0.4, 0.5) is 11.4 Å². The normalized spacial score (nSPS) is 25.3. The minimum Gasteiger partial charge on any atom is -0.399 e. The Morgan fingerprint density at radius 2 is 1.17 bits per heavy atom. The number of anilines is 2. The number of benzene rings is 3. The number of ether oxygens (including phenoxy) is 4. The van der Waals surface area contributed by atoms with Crippen LogP contribution in [0.25, 0.3) is 22.3 Å². The van der Waals surface area contributed by atoms with Crippen LogP contribution in [-0.2, 0) is 37.2 Å². The maximum absolute atomic E-state index is 6.25. The minimum atomic E-state index is -0.120. The number of hydrogen-bond acceptors (Lipinski definition) is 6. The summed E-state index contributed by atoms with van der Waals surface area (Å²) in [5.41, 5.74) is 24.7.